The van der Waals surface area contributed by atoms with E-state index in [4.69, 9.17) is 12.2 Å². The molecule has 0 saturated heterocycles. The number of rotatable bonds is 1. The number of aromatic nitrogens is 2. The first-order valence-corrected chi connectivity index (χ1v) is 8.13. The number of halogens is 2. The molecule has 1 aromatic carbocycles. The quantitative estimate of drug-likeness (QED) is 0.586. The molecule has 0 fully saturated rings. The molecule has 3 rings (SSSR count). The van der Waals surface area contributed by atoms with Crippen molar-refractivity contribution in [3.63, 3.8) is 0 Å². The minimum Gasteiger partial charge on any atom is -0.331 e. The van der Waals surface area contributed by atoms with Crippen molar-refractivity contribution in [2.75, 3.05) is 0 Å². The van der Waals surface area contributed by atoms with Crippen LogP contribution in [0.1, 0.15) is 0 Å². The predicted octanol–water partition coefficient (Wildman–Crippen LogP) is 4.63. The van der Waals surface area contributed by atoms with Crippen molar-refractivity contribution in [3.8, 4) is 5.69 Å². The highest BCUT2D eigenvalue weighted by atomic mass is 79.9. The monoisotopic (exact) mass is 416 g/mol. The second kappa shape index (κ2) is 4.97. The van der Waals surface area contributed by atoms with Gasteiger partial charge in [0.1, 0.15) is 4.70 Å². The molecule has 0 radical (unpaired) electrons. The highest BCUT2D eigenvalue weighted by Crippen LogP contribution is 2.25. The van der Waals surface area contributed by atoms with Crippen LogP contribution in [0.3, 0.4) is 0 Å². The van der Waals surface area contributed by atoms with E-state index in [9.17, 15) is 4.79 Å². The molecule has 0 unspecified atom stereocenters. The first kappa shape index (κ1) is 13.2. The number of aromatic amines is 1. The van der Waals surface area contributed by atoms with Crippen molar-refractivity contribution in [2.24, 2.45) is 0 Å². The van der Waals surface area contributed by atoms with Gasteiger partial charge in [-0.3, -0.25) is 9.36 Å². The van der Waals surface area contributed by atoms with Crippen LogP contribution in [0.15, 0.2) is 43.4 Å². The molecule has 19 heavy (non-hydrogen) atoms. The van der Waals surface area contributed by atoms with Crippen molar-refractivity contribution in [2.45, 2.75) is 0 Å². The smallest absolute Gasteiger partial charge is 0.276 e. The number of thiophene rings is 1. The van der Waals surface area contributed by atoms with Crippen LogP contribution < -0.4 is 5.56 Å². The van der Waals surface area contributed by atoms with E-state index in [1.807, 2.05) is 29.6 Å². The second-order valence-electron chi connectivity index (χ2n) is 3.83. The van der Waals surface area contributed by atoms with Gasteiger partial charge < -0.3 is 4.98 Å². The Balaban J connectivity index is 2.42. The second-order valence-corrected chi connectivity index (χ2v) is 6.90. The minimum absolute atomic E-state index is 0.100. The van der Waals surface area contributed by atoms with Crippen LogP contribution in [-0.2, 0) is 0 Å². The third-order valence-electron chi connectivity index (χ3n) is 2.66. The molecule has 1 N–H and O–H groups in total. The third kappa shape index (κ3) is 2.24. The lowest BCUT2D eigenvalue weighted by Gasteiger charge is -2.08. The van der Waals surface area contributed by atoms with Crippen LogP contribution in [0.25, 0.3) is 15.9 Å². The van der Waals surface area contributed by atoms with Gasteiger partial charge in [-0.05, 0) is 57.8 Å². The molecule has 0 saturated carbocycles. The summed E-state index contributed by atoms with van der Waals surface area (Å²) in [6, 6.07) is 7.46. The molecule has 96 valence electrons. The van der Waals surface area contributed by atoms with E-state index in [1.54, 1.807) is 0 Å². The number of H-pyrrole nitrogens is 1. The van der Waals surface area contributed by atoms with Crippen molar-refractivity contribution < 1.29 is 0 Å². The SMILES string of the molecule is O=c1c2sccc2[nH]c(=S)n1-c1ccc(Br)cc1Br. The van der Waals surface area contributed by atoms with Gasteiger partial charge in [-0.25, -0.2) is 0 Å². The van der Waals surface area contributed by atoms with Gasteiger partial charge in [0, 0.05) is 8.95 Å². The molecule has 2 aromatic heterocycles. The van der Waals surface area contributed by atoms with Gasteiger partial charge in [0.05, 0.1) is 11.2 Å². The van der Waals surface area contributed by atoms with Gasteiger partial charge in [0.15, 0.2) is 4.77 Å². The molecule has 3 aromatic rings. The zero-order chi connectivity index (χ0) is 13.6. The fraction of sp³-hybridized carbons (Fsp3) is 0. The Morgan fingerprint density at radius 1 is 1.26 bits per heavy atom. The van der Waals surface area contributed by atoms with Crippen LogP contribution in [-0.4, -0.2) is 9.55 Å². The molecule has 2 heterocycles. The lowest BCUT2D eigenvalue weighted by Crippen LogP contribution is -2.19. The zero-order valence-corrected chi connectivity index (χ0v) is 14.1. The molecule has 7 heteroatoms. The van der Waals surface area contributed by atoms with Crippen molar-refractivity contribution >= 4 is 65.6 Å². The van der Waals surface area contributed by atoms with Crippen LogP contribution >= 0.6 is 55.4 Å². The van der Waals surface area contributed by atoms with Crippen LogP contribution in [0, 0.1) is 4.77 Å². The van der Waals surface area contributed by atoms with Gasteiger partial charge in [-0.2, -0.15) is 0 Å². The number of fused-ring (bicyclic) bond motifs is 1. The van der Waals surface area contributed by atoms with Gasteiger partial charge in [-0.15, -0.1) is 11.3 Å². The molecule has 0 aliphatic heterocycles. The molecule has 0 bridgehead atoms. The van der Waals surface area contributed by atoms with Crippen LogP contribution in [0.2, 0.25) is 0 Å². The Labute approximate surface area is 134 Å². The predicted molar refractivity (Wildman–Crippen MR) is 88.0 cm³/mol. The molecule has 0 aliphatic rings. The normalized spacial score (nSPS) is 11.1. The molecule has 0 amide bonds. The van der Waals surface area contributed by atoms with E-state index in [2.05, 4.69) is 36.8 Å². The maximum Gasteiger partial charge on any atom is 0.276 e. The fourth-order valence-corrected chi connectivity index (χ4v) is 4.11. The van der Waals surface area contributed by atoms with E-state index >= 15 is 0 Å². The van der Waals surface area contributed by atoms with E-state index in [-0.39, 0.29) is 5.56 Å². The van der Waals surface area contributed by atoms with E-state index in [0.717, 1.165) is 20.1 Å². The topological polar surface area (TPSA) is 37.8 Å². The summed E-state index contributed by atoms with van der Waals surface area (Å²) in [6.45, 7) is 0. The first-order chi connectivity index (χ1) is 9.08. The molecule has 0 atom stereocenters. The number of hydrogen-bond donors (Lipinski definition) is 1. The molecular weight excluding hydrogens is 412 g/mol. The fourth-order valence-electron chi connectivity index (χ4n) is 1.82. The van der Waals surface area contributed by atoms with E-state index in [0.29, 0.717) is 9.47 Å². The number of nitrogens with one attached hydrogen (secondary N) is 1. The summed E-state index contributed by atoms with van der Waals surface area (Å²) in [5.41, 5.74) is 1.41. The largest absolute Gasteiger partial charge is 0.331 e. The Kier molecular flexibility index (Phi) is 3.46. The van der Waals surface area contributed by atoms with Gasteiger partial charge in [0.25, 0.3) is 5.56 Å². The number of nitrogens with zero attached hydrogens (tertiary/aromatic N) is 1. The summed E-state index contributed by atoms with van der Waals surface area (Å²) in [5.74, 6) is 0. The number of benzene rings is 1. The van der Waals surface area contributed by atoms with Crippen LogP contribution in [0.4, 0.5) is 0 Å². The summed E-state index contributed by atoms with van der Waals surface area (Å²) in [4.78, 5) is 15.6. The molecule has 0 spiro atoms. The maximum atomic E-state index is 12.5. The summed E-state index contributed by atoms with van der Waals surface area (Å²) < 4.78 is 4.30. The average molecular weight is 418 g/mol. The summed E-state index contributed by atoms with van der Waals surface area (Å²) in [7, 11) is 0. The Hall–Kier alpha value is -0.760. The van der Waals surface area contributed by atoms with Gasteiger partial charge >= 0.3 is 0 Å². The van der Waals surface area contributed by atoms with Crippen molar-refractivity contribution in [3.05, 3.63) is 53.7 Å². The van der Waals surface area contributed by atoms with E-state index in [1.165, 1.54) is 15.9 Å². The Bertz CT molecular complexity index is 895. The Morgan fingerprint density at radius 2 is 2.05 bits per heavy atom. The van der Waals surface area contributed by atoms with Crippen molar-refractivity contribution in [1.82, 2.24) is 9.55 Å². The minimum atomic E-state index is -0.100. The first-order valence-electron chi connectivity index (χ1n) is 5.26. The summed E-state index contributed by atoms with van der Waals surface area (Å²) >= 11 is 13.5. The molecule has 0 aliphatic carbocycles. The molecule has 3 nitrogen and oxygen atoms in total. The molecular formula is C12H6Br2N2OS2. The lowest BCUT2D eigenvalue weighted by atomic mass is 10.3. The lowest BCUT2D eigenvalue weighted by molar-refractivity contribution is 0.938. The van der Waals surface area contributed by atoms with Gasteiger partial charge in [-0.1, -0.05) is 15.9 Å². The standard InChI is InChI=1S/C12H6Br2N2OS2/c13-6-1-2-9(7(14)5-6)16-11(17)10-8(3-4-19-10)15-12(16)18/h1-5H,(H,15,18). The van der Waals surface area contributed by atoms with Crippen molar-refractivity contribution in [1.29, 1.82) is 0 Å². The highest BCUT2D eigenvalue weighted by molar-refractivity contribution is 9.11. The summed E-state index contributed by atoms with van der Waals surface area (Å²) in [5, 5.41) is 1.87. The average Bonchev–Trinajstić information content (AvgIpc) is 2.80. The van der Waals surface area contributed by atoms with Crippen LogP contribution in [0.5, 0.6) is 0 Å². The Morgan fingerprint density at radius 3 is 2.79 bits per heavy atom. The van der Waals surface area contributed by atoms with E-state index < -0.39 is 0 Å². The summed E-state index contributed by atoms with van der Waals surface area (Å²) in [6.07, 6.45) is 0. The van der Waals surface area contributed by atoms with Gasteiger partial charge in [0.2, 0.25) is 0 Å². The number of hydrogen-bond acceptors (Lipinski definition) is 3. The zero-order valence-electron chi connectivity index (χ0n) is 9.31. The highest BCUT2D eigenvalue weighted by Gasteiger charge is 2.11. The maximum absolute atomic E-state index is 12.5. The third-order valence-corrected chi connectivity index (χ3v) is 4.97.